The van der Waals surface area contributed by atoms with Crippen molar-refractivity contribution in [1.29, 1.82) is 0 Å². The Hall–Kier alpha value is -2.27. The summed E-state index contributed by atoms with van der Waals surface area (Å²) in [5.74, 6) is 1.70. The lowest BCUT2D eigenvalue weighted by atomic mass is 10.0. The first kappa shape index (κ1) is 14.7. The standard InChI is InChI=1S/C17H18N2O2S/c1-11-9-12(3-5-15(11)20-2)13-4-6-16-14(10-13)19(17(18)22)7-8-21-16/h3-6,9-10H,7-8H2,1-2H3,(H2,18,22). The van der Waals surface area contributed by atoms with E-state index in [2.05, 4.69) is 12.1 Å². The highest BCUT2D eigenvalue weighted by atomic mass is 32.1. The van der Waals surface area contributed by atoms with Gasteiger partial charge in [0.05, 0.1) is 19.3 Å². The molecule has 0 saturated carbocycles. The number of nitrogens with zero attached hydrogens (tertiary/aromatic N) is 1. The second-order valence-corrected chi connectivity index (χ2v) is 5.62. The van der Waals surface area contributed by atoms with Gasteiger partial charge >= 0.3 is 0 Å². The molecular weight excluding hydrogens is 296 g/mol. The van der Waals surface area contributed by atoms with Gasteiger partial charge in [-0.15, -0.1) is 0 Å². The summed E-state index contributed by atoms with van der Waals surface area (Å²) in [4.78, 5) is 1.91. The summed E-state index contributed by atoms with van der Waals surface area (Å²) >= 11 is 5.14. The third-order valence-corrected chi connectivity index (χ3v) is 4.04. The number of hydrogen-bond acceptors (Lipinski definition) is 3. The van der Waals surface area contributed by atoms with E-state index in [4.69, 9.17) is 27.4 Å². The lowest BCUT2D eigenvalue weighted by molar-refractivity contribution is 0.315. The van der Waals surface area contributed by atoms with Crippen molar-refractivity contribution in [2.45, 2.75) is 6.92 Å². The quantitative estimate of drug-likeness (QED) is 0.863. The van der Waals surface area contributed by atoms with Crippen molar-refractivity contribution >= 4 is 23.0 Å². The fourth-order valence-corrected chi connectivity index (χ4v) is 2.87. The van der Waals surface area contributed by atoms with Gasteiger partial charge in [0, 0.05) is 0 Å². The Labute approximate surface area is 135 Å². The lowest BCUT2D eigenvalue weighted by Crippen LogP contribution is -2.41. The number of fused-ring (bicyclic) bond motifs is 1. The fourth-order valence-electron chi connectivity index (χ4n) is 2.68. The largest absolute Gasteiger partial charge is 0.496 e. The number of rotatable bonds is 2. The second kappa shape index (κ2) is 5.85. The molecule has 1 aliphatic rings. The number of aryl methyl sites for hydroxylation is 1. The van der Waals surface area contributed by atoms with Crippen molar-refractivity contribution < 1.29 is 9.47 Å². The van der Waals surface area contributed by atoms with Crippen LogP contribution < -0.4 is 20.1 Å². The molecule has 0 radical (unpaired) electrons. The first-order valence-electron chi connectivity index (χ1n) is 7.09. The maximum Gasteiger partial charge on any atom is 0.171 e. The average molecular weight is 314 g/mol. The molecule has 1 aliphatic heterocycles. The first-order chi connectivity index (χ1) is 10.6. The molecule has 2 N–H and O–H groups in total. The number of hydrogen-bond donors (Lipinski definition) is 1. The van der Waals surface area contributed by atoms with E-state index in [0.29, 0.717) is 18.3 Å². The summed E-state index contributed by atoms with van der Waals surface area (Å²) in [5.41, 5.74) is 10.1. The molecule has 2 aromatic rings. The summed E-state index contributed by atoms with van der Waals surface area (Å²) in [6, 6.07) is 12.2. The van der Waals surface area contributed by atoms with E-state index in [-0.39, 0.29) is 0 Å². The number of anilines is 1. The lowest BCUT2D eigenvalue weighted by Gasteiger charge is -2.30. The summed E-state index contributed by atoms with van der Waals surface area (Å²) in [6.45, 7) is 3.30. The van der Waals surface area contributed by atoms with Gasteiger partial charge in [-0.25, -0.2) is 0 Å². The summed E-state index contributed by atoms with van der Waals surface area (Å²) in [7, 11) is 1.68. The molecule has 4 nitrogen and oxygen atoms in total. The monoisotopic (exact) mass is 314 g/mol. The first-order valence-corrected chi connectivity index (χ1v) is 7.50. The number of thiocarbonyl (C=S) groups is 1. The topological polar surface area (TPSA) is 47.7 Å². The maximum atomic E-state index is 5.82. The molecule has 0 amide bonds. The van der Waals surface area contributed by atoms with Gasteiger partial charge in [0.2, 0.25) is 0 Å². The minimum Gasteiger partial charge on any atom is -0.496 e. The minimum atomic E-state index is 0.368. The number of benzene rings is 2. The molecule has 2 aromatic carbocycles. The molecule has 0 bridgehead atoms. The van der Waals surface area contributed by atoms with Crippen molar-refractivity contribution in [2.24, 2.45) is 5.73 Å². The number of nitrogens with two attached hydrogens (primary N) is 1. The van der Waals surface area contributed by atoms with E-state index in [1.807, 2.05) is 36.1 Å². The highest BCUT2D eigenvalue weighted by molar-refractivity contribution is 7.80. The molecule has 0 atom stereocenters. The highest BCUT2D eigenvalue weighted by Crippen LogP contribution is 2.36. The van der Waals surface area contributed by atoms with Crippen LogP contribution in [0, 0.1) is 6.92 Å². The van der Waals surface area contributed by atoms with Gasteiger partial charge in [-0.3, -0.25) is 0 Å². The Morgan fingerprint density at radius 2 is 1.95 bits per heavy atom. The highest BCUT2D eigenvalue weighted by Gasteiger charge is 2.20. The van der Waals surface area contributed by atoms with Crippen LogP contribution in [0.4, 0.5) is 5.69 Å². The van der Waals surface area contributed by atoms with Crippen LogP contribution in [-0.4, -0.2) is 25.4 Å². The van der Waals surface area contributed by atoms with Gasteiger partial charge in [0.1, 0.15) is 18.1 Å². The molecular formula is C17H18N2O2S. The molecule has 3 rings (SSSR count). The summed E-state index contributed by atoms with van der Waals surface area (Å²) in [6.07, 6.45) is 0. The zero-order valence-electron chi connectivity index (χ0n) is 12.6. The zero-order valence-corrected chi connectivity index (χ0v) is 13.4. The molecule has 0 aromatic heterocycles. The minimum absolute atomic E-state index is 0.368. The Morgan fingerprint density at radius 3 is 2.64 bits per heavy atom. The van der Waals surface area contributed by atoms with Crippen LogP contribution in [0.15, 0.2) is 36.4 Å². The molecule has 0 spiro atoms. The third kappa shape index (κ3) is 2.60. The van der Waals surface area contributed by atoms with Crippen molar-refractivity contribution in [3.8, 4) is 22.6 Å². The van der Waals surface area contributed by atoms with Gasteiger partial charge in [0.25, 0.3) is 0 Å². The van der Waals surface area contributed by atoms with E-state index in [1.54, 1.807) is 7.11 Å². The van der Waals surface area contributed by atoms with Crippen LogP contribution in [0.1, 0.15) is 5.56 Å². The van der Waals surface area contributed by atoms with E-state index < -0.39 is 0 Å². The van der Waals surface area contributed by atoms with Crippen LogP contribution in [-0.2, 0) is 0 Å². The van der Waals surface area contributed by atoms with E-state index in [1.165, 1.54) is 0 Å². The van der Waals surface area contributed by atoms with Crippen LogP contribution in [0.25, 0.3) is 11.1 Å². The molecule has 0 aliphatic carbocycles. The number of methoxy groups -OCH3 is 1. The number of ether oxygens (including phenoxy) is 2. The van der Waals surface area contributed by atoms with Crippen molar-refractivity contribution in [1.82, 2.24) is 0 Å². The zero-order chi connectivity index (χ0) is 15.7. The summed E-state index contributed by atoms with van der Waals surface area (Å²) < 4.78 is 11.0. The molecule has 5 heteroatoms. The van der Waals surface area contributed by atoms with Crippen LogP contribution in [0.5, 0.6) is 11.5 Å². The third-order valence-electron chi connectivity index (χ3n) is 3.82. The SMILES string of the molecule is COc1ccc(-c2ccc3c(c2)N(C(N)=S)CCO3)cc1C. The Bertz CT molecular complexity index is 731. The van der Waals surface area contributed by atoms with Gasteiger partial charge < -0.3 is 20.1 Å². The Morgan fingerprint density at radius 1 is 1.23 bits per heavy atom. The molecule has 114 valence electrons. The normalized spacial score (nSPS) is 13.3. The average Bonchev–Trinajstić information content (AvgIpc) is 2.53. The predicted molar refractivity (Wildman–Crippen MR) is 92.8 cm³/mol. The van der Waals surface area contributed by atoms with Crippen molar-refractivity contribution in [3.63, 3.8) is 0 Å². The van der Waals surface area contributed by atoms with Gasteiger partial charge in [0.15, 0.2) is 5.11 Å². The van der Waals surface area contributed by atoms with Crippen LogP contribution in [0.3, 0.4) is 0 Å². The van der Waals surface area contributed by atoms with Crippen LogP contribution in [0.2, 0.25) is 0 Å². The van der Waals surface area contributed by atoms with E-state index >= 15 is 0 Å². The summed E-state index contributed by atoms with van der Waals surface area (Å²) in [5, 5.41) is 0.368. The van der Waals surface area contributed by atoms with Crippen molar-refractivity contribution in [2.75, 3.05) is 25.2 Å². The smallest absolute Gasteiger partial charge is 0.171 e. The van der Waals surface area contributed by atoms with Crippen LogP contribution >= 0.6 is 12.2 Å². The van der Waals surface area contributed by atoms with E-state index in [9.17, 15) is 0 Å². The fraction of sp³-hybridized carbons (Fsp3) is 0.235. The van der Waals surface area contributed by atoms with Gasteiger partial charge in [-0.2, -0.15) is 0 Å². The predicted octanol–water partition coefficient (Wildman–Crippen LogP) is 3.11. The molecule has 22 heavy (non-hydrogen) atoms. The molecule has 0 fully saturated rings. The molecule has 0 unspecified atom stereocenters. The van der Waals surface area contributed by atoms with Gasteiger partial charge in [-0.05, 0) is 60.1 Å². The van der Waals surface area contributed by atoms with E-state index in [0.717, 1.165) is 33.9 Å². The molecule has 0 saturated heterocycles. The Balaban J connectivity index is 2.04. The van der Waals surface area contributed by atoms with Crippen molar-refractivity contribution in [3.05, 3.63) is 42.0 Å². The maximum absolute atomic E-state index is 5.82. The molecule has 1 heterocycles. The van der Waals surface area contributed by atoms with Gasteiger partial charge in [-0.1, -0.05) is 12.1 Å². The Kier molecular flexibility index (Phi) is 3.90. The second-order valence-electron chi connectivity index (χ2n) is 5.21.